The van der Waals surface area contributed by atoms with E-state index in [4.69, 9.17) is 23.2 Å². The number of anilines is 3. The first-order valence-electron chi connectivity index (χ1n) is 10.1. The van der Waals surface area contributed by atoms with Crippen LogP contribution in [0.4, 0.5) is 17.1 Å². The van der Waals surface area contributed by atoms with Crippen LogP contribution in [0.15, 0.2) is 53.9 Å². The van der Waals surface area contributed by atoms with Crippen LogP contribution in [0.1, 0.15) is 20.0 Å². The highest BCUT2D eigenvalue weighted by Crippen LogP contribution is 2.31. The largest absolute Gasteiger partial charge is 0.367 e. The number of halogens is 2. The quantitative estimate of drug-likeness (QED) is 0.510. The lowest BCUT2D eigenvalue weighted by Gasteiger charge is -2.35. The molecular weight excluding hydrogens is 467 g/mol. The minimum Gasteiger partial charge on any atom is -0.367 e. The molecule has 4 rings (SSSR count). The number of hydrogen-bond donors (Lipinski definition) is 2. The molecule has 0 radical (unpaired) electrons. The van der Waals surface area contributed by atoms with Gasteiger partial charge in [0.25, 0.3) is 11.8 Å². The summed E-state index contributed by atoms with van der Waals surface area (Å²) in [6.07, 6.45) is 0. The highest BCUT2D eigenvalue weighted by molar-refractivity contribution is 7.12. The van der Waals surface area contributed by atoms with Crippen molar-refractivity contribution in [2.24, 2.45) is 0 Å². The van der Waals surface area contributed by atoms with Gasteiger partial charge < -0.3 is 20.4 Å². The lowest BCUT2D eigenvalue weighted by Crippen LogP contribution is -2.44. The molecule has 2 heterocycles. The van der Waals surface area contributed by atoms with Gasteiger partial charge in [-0.1, -0.05) is 29.3 Å². The topological polar surface area (TPSA) is 64.7 Å². The van der Waals surface area contributed by atoms with Crippen LogP contribution in [0.5, 0.6) is 0 Å². The Morgan fingerprint density at radius 1 is 0.906 bits per heavy atom. The third-order valence-electron chi connectivity index (χ3n) is 5.27. The first-order valence-corrected chi connectivity index (χ1v) is 11.7. The highest BCUT2D eigenvalue weighted by Gasteiger charge is 2.19. The molecule has 166 valence electrons. The van der Waals surface area contributed by atoms with Crippen LogP contribution in [-0.4, -0.2) is 49.9 Å². The van der Waals surface area contributed by atoms with Crippen molar-refractivity contribution in [1.82, 2.24) is 4.90 Å². The van der Waals surface area contributed by atoms with Crippen molar-refractivity contribution in [3.05, 3.63) is 74.4 Å². The Kier molecular flexibility index (Phi) is 7.01. The number of thiophene rings is 1. The van der Waals surface area contributed by atoms with E-state index in [1.807, 2.05) is 17.5 Å². The van der Waals surface area contributed by atoms with Gasteiger partial charge in [0.05, 0.1) is 27.0 Å². The molecule has 1 fully saturated rings. The number of benzene rings is 2. The second-order valence-corrected chi connectivity index (χ2v) is 9.32. The van der Waals surface area contributed by atoms with Crippen molar-refractivity contribution in [3.8, 4) is 0 Å². The Morgan fingerprint density at radius 2 is 1.66 bits per heavy atom. The summed E-state index contributed by atoms with van der Waals surface area (Å²) < 4.78 is 0. The fraction of sp³-hybridized carbons (Fsp3) is 0.217. The van der Waals surface area contributed by atoms with E-state index < -0.39 is 0 Å². The predicted octanol–water partition coefficient (Wildman–Crippen LogP) is 5.31. The van der Waals surface area contributed by atoms with Crippen LogP contribution < -0.4 is 15.5 Å². The molecule has 0 aliphatic carbocycles. The number of nitrogens with one attached hydrogen (secondary N) is 2. The molecule has 2 aromatic carbocycles. The number of nitrogens with zero attached hydrogens (tertiary/aromatic N) is 2. The maximum atomic E-state index is 13.1. The molecule has 0 spiro atoms. The number of amides is 2. The molecule has 1 aliphatic heterocycles. The second kappa shape index (κ2) is 9.92. The number of carbonyl (C=O) groups is 2. The molecule has 1 saturated heterocycles. The monoisotopic (exact) mass is 488 g/mol. The first kappa shape index (κ1) is 22.6. The van der Waals surface area contributed by atoms with E-state index in [1.54, 1.807) is 36.4 Å². The van der Waals surface area contributed by atoms with Crippen molar-refractivity contribution in [2.75, 3.05) is 48.8 Å². The van der Waals surface area contributed by atoms with Gasteiger partial charge in [-0.15, -0.1) is 11.3 Å². The minimum atomic E-state index is -0.314. The fourth-order valence-electron chi connectivity index (χ4n) is 3.48. The average Bonchev–Trinajstić information content (AvgIpc) is 3.31. The van der Waals surface area contributed by atoms with E-state index in [9.17, 15) is 9.59 Å². The fourth-order valence-corrected chi connectivity index (χ4v) is 4.44. The van der Waals surface area contributed by atoms with E-state index in [1.165, 1.54) is 11.3 Å². The van der Waals surface area contributed by atoms with E-state index in [2.05, 4.69) is 27.5 Å². The molecule has 6 nitrogen and oxygen atoms in total. The Labute approximate surface area is 200 Å². The molecule has 1 aliphatic rings. The van der Waals surface area contributed by atoms with Gasteiger partial charge in [-0.3, -0.25) is 9.59 Å². The third-order valence-corrected chi connectivity index (χ3v) is 6.71. The standard InChI is InChI=1S/C23H22Cl2N4O2S/c1-28-8-10-29(11-9-28)20-7-5-16(24)14-19(20)27-22(30)15-4-6-17(25)18(13-15)26-23(31)21-3-2-12-32-21/h2-7,12-14H,8-11H2,1H3,(H,26,31)(H,27,30). The van der Waals surface area contributed by atoms with E-state index >= 15 is 0 Å². The van der Waals surface area contributed by atoms with Crippen LogP contribution in [0.2, 0.25) is 10.0 Å². The van der Waals surface area contributed by atoms with Gasteiger partial charge in [-0.2, -0.15) is 0 Å². The molecule has 0 bridgehead atoms. The zero-order valence-corrected chi connectivity index (χ0v) is 19.7. The number of piperazine rings is 1. The Hall–Kier alpha value is -2.58. The minimum absolute atomic E-state index is 0.272. The van der Waals surface area contributed by atoms with Crippen LogP contribution in [0, 0.1) is 0 Å². The van der Waals surface area contributed by atoms with E-state index in [0.717, 1.165) is 31.9 Å². The van der Waals surface area contributed by atoms with Gasteiger partial charge >= 0.3 is 0 Å². The zero-order valence-electron chi connectivity index (χ0n) is 17.4. The van der Waals surface area contributed by atoms with Gasteiger partial charge in [-0.25, -0.2) is 0 Å². The number of hydrogen-bond acceptors (Lipinski definition) is 5. The van der Waals surface area contributed by atoms with Gasteiger partial charge in [0.1, 0.15) is 0 Å². The summed E-state index contributed by atoms with van der Waals surface area (Å²) in [5, 5.41) is 8.46. The van der Waals surface area contributed by atoms with Crippen molar-refractivity contribution in [2.45, 2.75) is 0 Å². The third kappa shape index (κ3) is 5.24. The highest BCUT2D eigenvalue weighted by atomic mass is 35.5. The summed E-state index contributed by atoms with van der Waals surface area (Å²) in [4.78, 5) is 30.5. The van der Waals surface area contributed by atoms with Crippen LogP contribution in [0.3, 0.4) is 0 Å². The van der Waals surface area contributed by atoms with Crippen molar-refractivity contribution in [1.29, 1.82) is 0 Å². The molecule has 2 N–H and O–H groups in total. The molecule has 0 atom stereocenters. The molecule has 0 saturated carbocycles. The second-order valence-electron chi connectivity index (χ2n) is 7.53. The number of likely N-dealkylation sites (N-methyl/N-ethyl adjacent to an activating group) is 1. The summed E-state index contributed by atoms with van der Waals surface area (Å²) in [6.45, 7) is 3.61. The van der Waals surface area contributed by atoms with Crippen molar-refractivity contribution >= 4 is 63.4 Å². The van der Waals surface area contributed by atoms with Gasteiger partial charge in [0.2, 0.25) is 0 Å². The predicted molar refractivity (Wildman–Crippen MR) is 133 cm³/mol. The lowest BCUT2D eigenvalue weighted by molar-refractivity contribution is 0.101. The molecular formula is C23H22Cl2N4O2S. The van der Waals surface area contributed by atoms with Crippen LogP contribution >= 0.6 is 34.5 Å². The lowest BCUT2D eigenvalue weighted by atomic mass is 10.1. The molecule has 32 heavy (non-hydrogen) atoms. The summed E-state index contributed by atoms with van der Waals surface area (Å²) in [7, 11) is 2.09. The SMILES string of the molecule is CN1CCN(c2ccc(Cl)cc2NC(=O)c2ccc(Cl)c(NC(=O)c3cccs3)c2)CC1. The molecule has 1 aromatic heterocycles. The molecule has 9 heteroatoms. The Balaban J connectivity index is 1.54. The number of carbonyl (C=O) groups excluding carboxylic acids is 2. The first-order chi connectivity index (χ1) is 15.4. The smallest absolute Gasteiger partial charge is 0.265 e. The Bertz CT molecular complexity index is 1130. The summed E-state index contributed by atoms with van der Waals surface area (Å²) in [5.41, 5.74) is 2.32. The maximum absolute atomic E-state index is 13.1. The van der Waals surface area contributed by atoms with E-state index in [-0.39, 0.29) is 11.8 Å². The molecule has 3 aromatic rings. The maximum Gasteiger partial charge on any atom is 0.265 e. The van der Waals surface area contributed by atoms with Crippen molar-refractivity contribution in [3.63, 3.8) is 0 Å². The van der Waals surface area contributed by atoms with E-state index in [0.29, 0.717) is 31.9 Å². The van der Waals surface area contributed by atoms with Gasteiger partial charge in [0.15, 0.2) is 0 Å². The normalized spacial score (nSPS) is 14.3. The Morgan fingerprint density at radius 3 is 2.38 bits per heavy atom. The summed E-state index contributed by atoms with van der Waals surface area (Å²) in [5.74, 6) is -0.586. The van der Waals surface area contributed by atoms with Crippen molar-refractivity contribution < 1.29 is 9.59 Å². The summed E-state index contributed by atoms with van der Waals surface area (Å²) >= 11 is 13.8. The van der Waals surface area contributed by atoms with Crippen LogP contribution in [0.25, 0.3) is 0 Å². The average molecular weight is 489 g/mol. The number of rotatable bonds is 5. The van der Waals surface area contributed by atoms with Gasteiger partial charge in [-0.05, 0) is 54.9 Å². The summed E-state index contributed by atoms with van der Waals surface area (Å²) in [6, 6.07) is 13.8. The van der Waals surface area contributed by atoms with Gasteiger partial charge in [0, 0.05) is 36.8 Å². The molecule has 2 amide bonds. The zero-order chi connectivity index (χ0) is 22.7. The molecule has 0 unspecified atom stereocenters. The van der Waals surface area contributed by atoms with Crippen LogP contribution in [-0.2, 0) is 0 Å².